The molecule has 1 aliphatic rings. The van der Waals surface area contributed by atoms with Crippen molar-refractivity contribution in [2.24, 2.45) is 11.0 Å². The second kappa shape index (κ2) is 6.83. The van der Waals surface area contributed by atoms with Gasteiger partial charge in [0.25, 0.3) is 5.91 Å². The zero-order valence-corrected chi connectivity index (χ0v) is 14.3. The minimum atomic E-state index is -2.65. The lowest BCUT2D eigenvalue weighted by molar-refractivity contribution is -0.130. The van der Waals surface area contributed by atoms with Gasteiger partial charge in [-0.05, 0) is 19.1 Å². The number of ketones is 1. The van der Waals surface area contributed by atoms with E-state index in [0.29, 0.717) is 5.69 Å². The van der Waals surface area contributed by atoms with Gasteiger partial charge < -0.3 is 5.11 Å². The number of hydrogen-bond donors (Lipinski definition) is 1. The number of aliphatic hydroxyl groups is 1. The van der Waals surface area contributed by atoms with Crippen LogP contribution in [0.4, 0.5) is 5.69 Å². The van der Waals surface area contributed by atoms with Gasteiger partial charge in [0.1, 0.15) is 0 Å². The number of aryl methyl sites for hydroxylation is 1. The fourth-order valence-electron chi connectivity index (χ4n) is 2.76. The topological polar surface area (TPSA) is 118 Å². The SMILES string of the molecule is Cc1ccc(C(=O)C2=NN(c3ccccc3)C(=O)[C@@]2(O)C(C#N)C#N)cc1. The van der Waals surface area contributed by atoms with Gasteiger partial charge in [-0.2, -0.15) is 20.6 Å². The normalized spacial score (nSPS) is 18.8. The molecular formula is C20H14N4O3. The zero-order chi connectivity index (χ0) is 19.6. The van der Waals surface area contributed by atoms with Gasteiger partial charge >= 0.3 is 0 Å². The molecule has 2 aromatic carbocycles. The Kier molecular flexibility index (Phi) is 4.55. The van der Waals surface area contributed by atoms with E-state index < -0.39 is 28.9 Å². The van der Waals surface area contributed by atoms with Crippen molar-refractivity contribution in [3.8, 4) is 12.1 Å². The number of para-hydroxylation sites is 1. The second-order valence-corrected chi connectivity index (χ2v) is 6.05. The fraction of sp³-hybridized carbons (Fsp3) is 0.150. The summed E-state index contributed by atoms with van der Waals surface area (Å²) in [7, 11) is 0. The number of hydrazone groups is 1. The van der Waals surface area contributed by atoms with Gasteiger partial charge in [0, 0.05) is 5.56 Å². The third-order valence-corrected chi connectivity index (χ3v) is 4.29. The lowest BCUT2D eigenvalue weighted by atomic mass is 9.81. The monoisotopic (exact) mass is 358 g/mol. The number of hydrogen-bond acceptors (Lipinski definition) is 6. The van der Waals surface area contributed by atoms with Crippen LogP contribution in [0.2, 0.25) is 0 Å². The molecule has 1 heterocycles. The molecular weight excluding hydrogens is 344 g/mol. The third kappa shape index (κ3) is 2.86. The van der Waals surface area contributed by atoms with Crippen LogP contribution < -0.4 is 5.01 Å². The molecule has 0 saturated heterocycles. The van der Waals surface area contributed by atoms with Gasteiger partial charge in [-0.1, -0.05) is 48.0 Å². The first-order chi connectivity index (χ1) is 12.9. The van der Waals surface area contributed by atoms with Gasteiger partial charge in [-0.15, -0.1) is 0 Å². The van der Waals surface area contributed by atoms with Crippen molar-refractivity contribution in [2.75, 3.05) is 5.01 Å². The van der Waals surface area contributed by atoms with Crippen LogP contribution in [0.5, 0.6) is 0 Å². The molecule has 0 spiro atoms. The van der Waals surface area contributed by atoms with Crippen LogP contribution in [0.25, 0.3) is 0 Å². The average molecular weight is 358 g/mol. The Labute approximate surface area is 155 Å². The van der Waals surface area contributed by atoms with Gasteiger partial charge in [0.2, 0.25) is 11.4 Å². The fourth-order valence-corrected chi connectivity index (χ4v) is 2.76. The maximum atomic E-state index is 12.9. The largest absolute Gasteiger partial charge is 0.372 e. The van der Waals surface area contributed by atoms with Crippen LogP contribution in [0.15, 0.2) is 59.7 Å². The van der Waals surface area contributed by atoms with E-state index in [4.69, 9.17) is 0 Å². The smallest absolute Gasteiger partial charge is 0.288 e. The third-order valence-electron chi connectivity index (χ3n) is 4.29. The Morgan fingerprint density at radius 1 is 1.11 bits per heavy atom. The van der Waals surface area contributed by atoms with Crippen LogP contribution in [0.1, 0.15) is 15.9 Å². The number of carbonyl (C=O) groups is 2. The van der Waals surface area contributed by atoms with Crippen LogP contribution in [0, 0.1) is 35.5 Å². The maximum absolute atomic E-state index is 12.9. The van der Waals surface area contributed by atoms with E-state index in [-0.39, 0.29) is 5.56 Å². The van der Waals surface area contributed by atoms with Crippen LogP contribution >= 0.6 is 0 Å². The molecule has 0 aromatic heterocycles. The summed E-state index contributed by atoms with van der Waals surface area (Å²) in [6.07, 6.45) is 0. The lowest BCUT2D eigenvalue weighted by Gasteiger charge is -2.23. The van der Waals surface area contributed by atoms with E-state index in [0.717, 1.165) is 10.6 Å². The molecule has 0 saturated carbocycles. The standard InChI is InChI=1S/C20H14N4O3/c1-13-7-9-14(10-8-13)17(25)18-20(27,15(11-21)12-22)19(26)24(23-18)16-5-3-2-4-6-16/h2-10,15,27H,1H3/t20-/m1/s1. The van der Waals surface area contributed by atoms with Crippen LogP contribution in [0.3, 0.4) is 0 Å². The summed E-state index contributed by atoms with van der Waals surface area (Å²) in [4.78, 5) is 25.8. The number of rotatable bonds is 4. The number of amides is 1. The molecule has 0 unspecified atom stereocenters. The van der Waals surface area contributed by atoms with E-state index in [1.165, 1.54) is 12.1 Å². The number of carbonyl (C=O) groups excluding carboxylic acids is 2. The van der Waals surface area contributed by atoms with Crippen molar-refractivity contribution >= 4 is 23.1 Å². The molecule has 2 aromatic rings. The van der Waals surface area contributed by atoms with Crippen molar-refractivity contribution < 1.29 is 14.7 Å². The summed E-state index contributed by atoms with van der Waals surface area (Å²) in [5, 5.41) is 34.4. The summed E-state index contributed by atoms with van der Waals surface area (Å²) in [5.74, 6) is -3.52. The molecule has 0 bridgehead atoms. The highest BCUT2D eigenvalue weighted by Crippen LogP contribution is 2.33. The van der Waals surface area contributed by atoms with E-state index >= 15 is 0 Å². The second-order valence-electron chi connectivity index (χ2n) is 6.05. The first-order valence-electron chi connectivity index (χ1n) is 8.05. The molecule has 1 N–H and O–H groups in total. The first kappa shape index (κ1) is 18.0. The highest BCUT2D eigenvalue weighted by Gasteiger charge is 2.58. The molecule has 0 aliphatic carbocycles. The van der Waals surface area contributed by atoms with Crippen molar-refractivity contribution in [1.82, 2.24) is 0 Å². The Bertz CT molecular complexity index is 1000. The molecule has 3 rings (SSSR count). The van der Waals surface area contributed by atoms with Crippen molar-refractivity contribution in [3.63, 3.8) is 0 Å². The molecule has 0 radical (unpaired) electrons. The quantitative estimate of drug-likeness (QED) is 0.839. The number of anilines is 1. The predicted octanol–water partition coefficient (Wildman–Crippen LogP) is 1.97. The molecule has 27 heavy (non-hydrogen) atoms. The molecule has 1 aliphatic heterocycles. The van der Waals surface area contributed by atoms with Gasteiger partial charge in [0.05, 0.1) is 17.8 Å². The van der Waals surface area contributed by atoms with Crippen LogP contribution in [-0.2, 0) is 4.79 Å². The number of nitriles is 2. The van der Waals surface area contributed by atoms with Gasteiger partial charge in [-0.25, -0.2) is 0 Å². The highest BCUT2D eigenvalue weighted by molar-refractivity contribution is 6.54. The summed E-state index contributed by atoms with van der Waals surface area (Å²) >= 11 is 0. The van der Waals surface area contributed by atoms with Crippen molar-refractivity contribution in [1.29, 1.82) is 10.5 Å². The number of benzene rings is 2. The first-order valence-corrected chi connectivity index (χ1v) is 8.05. The van der Waals surface area contributed by atoms with E-state index in [1.54, 1.807) is 54.6 Å². The van der Waals surface area contributed by atoms with E-state index in [9.17, 15) is 25.2 Å². The molecule has 132 valence electrons. The summed E-state index contributed by atoms with van der Waals surface area (Å²) in [5.41, 5.74) is -1.78. The molecule has 0 fully saturated rings. The molecule has 7 nitrogen and oxygen atoms in total. The molecule has 1 atom stereocenters. The van der Waals surface area contributed by atoms with Gasteiger partial charge in [-0.3, -0.25) is 9.59 Å². The van der Waals surface area contributed by atoms with Gasteiger partial charge in [0.15, 0.2) is 11.6 Å². The maximum Gasteiger partial charge on any atom is 0.288 e. The minimum absolute atomic E-state index is 0.190. The Morgan fingerprint density at radius 2 is 1.70 bits per heavy atom. The summed E-state index contributed by atoms with van der Waals surface area (Å²) in [6, 6.07) is 17.8. The minimum Gasteiger partial charge on any atom is -0.372 e. The lowest BCUT2D eigenvalue weighted by Crippen LogP contribution is -2.54. The molecule has 1 amide bonds. The highest BCUT2D eigenvalue weighted by atomic mass is 16.3. The number of Topliss-reactive ketones (excluding diaryl/α,β-unsaturated/α-hetero) is 1. The number of nitrogens with zero attached hydrogens (tertiary/aromatic N) is 4. The Balaban J connectivity index is 2.15. The average Bonchev–Trinajstić information content (AvgIpc) is 2.95. The summed E-state index contributed by atoms with van der Waals surface area (Å²) in [6.45, 7) is 1.85. The Hall–Kier alpha value is -3.81. The summed E-state index contributed by atoms with van der Waals surface area (Å²) < 4.78 is 0. The van der Waals surface area contributed by atoms with Crippen molar-refractivity contribution in [2.45, 2.75) is 12.5 Å². The predicted molar refractivity (Wildman–Crippen MR) is 96.5 cm³/mol. The molecule has 7 heteroatoms. The Morgan fingerprint density at radius 3 is 2.26 bits per heavy atom. The van der Waals surface area contributed by atoms with Crippen molar-refractivity contribution in [3.05, 3.63) is 65.7 Å². The van der Waals surface area contributed by atoms with E-state index in [1.807, 2.05) is 6.92 Å². The zero-order valence-electron chi connectivity index (χ0n) is 14.3. The van der Waals surface area contributed by atoms with E-state index in [2.05, 4.69) is 5.10 Å². The van der Waals surface area contributed by atoms with Crippen LogP contribution in [-0.4, -0.2) is 28.1 Å².